The van der Waals surface area contributed by atoms with E-state index in [1.165, 1.54) is 17.4 Å². The van der Waals surface area contributed by atoms with Gasteiger partial charge < -0.3 is 10.2 Å². The van der Waals surface area contributed by atoms with E-state index in [1.807, 2.05) is 16.3 Å². The first-order valence-electron chi connectivity index (χ1n) is 8.78. The fraction of sp³-hybridized carbons (Fsp3) is 0.500. The number of halogens is 1. The standard InChI is InChI=1S/C18H21N3O3S2.ClH/c1-12-14(21(23)24)8-15(26-12)17(22)20(10-13-2-7-25-11-13)16-9-18(16)3-5-19-6-4-18;/h2,7-8,11,16,19H,3-6,9-10H2,1H3;1H. The second-order valence-electron chi connectivity index (χ2n) is 7.21. The van der Waals surface area contributed by atoms with Crippen molar-refractivity contribution in [2.75, 3.05) is 13.1 Å². The Morgan fingerprint density at radius 2 is 2.19 bits per heavy atom. The lowest BCUT2D eigenvalue weighted by atomic mass is 9.93. The van der Waals surface area contributed by atoms with Crippen LogP contribution in [0.5, 0.6) is 0 Å². The van der Waals surface area contributed by atoms with Crippen molar-refractivity contribution in [1.29, 1.82) is 0 Å². The van der Waals surface area contributed by atoms with E-state index in [4.69, 9.17) is 0 Å². The summed E-state index contributed by atoms with van der Waals surface area (Å²) < 4.78 is 0. The number of carbonyl (C=O) groups excluding carboxylic acids is 1. The number of carbonyl (C=O) groups is 1. The third-order valence-electron chi connectivity index (χ3n) is 5.62. The summed E-state index contributed by atoms with van der Waals surface area (Å²) in [7, 11) is 0. The fourth-order valence-electron chi connectivity index (χ4n) is 4.03. The molecule has 1 amide bonds. The first-order valence-corrected chi connectivity index (χ1v) is 10.5. The Morgan fingerprint density at radius 1 is 1.44 bits per heavy atom. The maximum Gasteiger partial charge on any atom is 0.283 e. The Bertz CT molecular complexity index is 831. The molecule has 6 nitrogen and oxygen atoms in total. The van der Waals surface area contributed by atoms with Crippen LogP contribution in [0, 0.1) is 22.5 Å². The molecule has 2 aromatic rings. The largest absolute Gasteiger partial charge is 0.330 e. The van der Waals surface area contributed by atoms with Crippen molar-refractivity contribution < 1.29 is 9.72 Å². The van der Waals surface area contributed by atoms with Crippen molar-refractivity contribution in [2.24, 2.45) is 5.41 Å². The van der Waals surface area contributed by atoms with Crippen LogP contribution in [-0.2, 0) is 6.54 Å². The fourth-order valence-corrected chi connectivity index (χ4v) is 5.64. The SMILES string of the molecule is Cc1sc(C(=O)N(Cc2ccsc2)C2CC23CCNCC3)cc1[N+](=O)[O-].Cl. The summed E-state index contributed by atoms with van der Waals surface area (Å²) in [6.07, 6.45) is 3.22. The highest BCUT2D eigenvalue weighted by Gasteiger charge is 2.57. The van der Waals surface area contributed by atoms with Crippen LogP contribution in [0.1, 0.15) is 39.4 Å². The molecule has 146 valence electrons. The van der Waals surface area contributed by atoms with Crippen molar-refractivity contribution in [3.63, 3.8) is 0 Å². The molecule has 1 unspecified atom stereocenters. The van der Waals surface area contributed by atoms with Crippen molar-refractivity contribution >= 4 is 46.7 Å². The van der Waals surface area contributed by atoms with Gasteiger partial charge in [-0.05, 0) is 67.1 Å². The third-order valence-corrected chi connectivity index (χ3v) is 7.37. The molecule has 1 saturated carbocycles. The number of hydrogen-bond acceptors (Lipinski definition) is 6. The molecule has 0 bridgehead atoms. The smallest absolute Gasteiger partial charge is 0.283 e. The van der Waals surface area contributed by atoms with E-state index in [1.54, 1.807) is 18.3 Å². The first-order chi connectivity index (χ1) is 12.5. The van der Waals surface area contributed by atoms with E-state index in [9.17, 15) is 14.9 Å². The van der Waals surface area contributed by atoms with Gasteiger partial charge in [-0.25, -0.2) is 0 Å². The topological polar surface area (TPSA) is 75.5 Å². The summed E-state index contributed by atoms with van der Waals surface area (Å²) in [6, 6.07) is 3.73. The zero-order valence-electron chi connectivity index (χ0n) is 15.0. The number of amides is 1. The molecule has 1 aliphatic carbocycles. The summed E-state index contributed by atoms with van der Waals surface area (Å²) in [4.78, 5) is 27.0. The molecule has 1 aliphatic heterocycles. The molecule has 2 aliphatic rings. The van der Waals surface area contributed by atoms with Gasteiger partial charge in [0.05, 0.1) is 14.7 Å². The molecule has 0 aromatic carbocycles. The van der Waals surface area contributed by atoms with Crippen LogP contribution in [-0.4, -0.2) is 34.9 Å². The predicted octanol–water partition coefficient (Wildman–Crippen LogP) is 4.23. The number of nitrogens with zero attached hydrogens (tertiary/aromatic N) is 2. The molecule has 1 atom stereocenters. The minimum Gasteiger partial charge on any atom is -0.330 e. The van der Waals surface area contributed by atoms with Crippen LogP contribution >= 0.6 is 35.1 Å². The van der Waals surface area contributed by atoms with Crippen LogP contribution in [0.25, 0.3) is 0 Å². The summed E-state index contributed by atoms with van der Waals surface area (Å²) >= 11 is 2.85. The van der Waals surface area contributed by atoms with Crippen molar-refractivity contribution in [3.05, 3.63) is 48.3 Å². The molecular formula is C18H22ClN3O3S2. The molecule has 2 fully saturated rings. The Labute approximate surface area is 172 Å². The second-order valence-corrected chi connectivity index (χ2v) is 9.24. The van der Waals surface area contributed by atoms with Gasteiger partial charge in [-0.3, -0.25) is 14.9 Å². The van der Waals surface area contributed by atoms with Gasteiger partial charge in [0.25, 0.3) is 11.6 Å². The Balaban J connectivity index is 0.00000210. The maximum atomic E-state index is 13.3. The number of thiophene rings is 2. The number of nitrogens with one attached hydrogen (secondary N) is 1. The average molecular weight is 428 g/mol. The number of hydrogen-bond donors (Lipinski definition) is 1. The van der Waals surface area contributed by atoms with Gasteiger partial charge >= 0.3 is 0 Å². The quantitative estimate of drug-likeness (QED) is 0.572. The number of piperidine rings is 1. The van der Waals surface area contributed by atoms with E-state index in [0.717, 1.165) is 37.9 Å². The van der Waals surface area contributed by atoms with Crippen molar-refractivity contribution in [1.82, 2.24) is 10.2 Å². The maximum absolute atomic E-state index is 13.3. The molecule has 3 heterocycles. The van der Waals surface area contributed by atoms with Gasteiger partial charge in [0.1, 0.15) is 0 Å². The molecule has 9 heteroatoms. The van der Waals surface area contributed by atoms with Crippen molar-refractivity contribution in [2.45, 2.75) is 38.8 Å². The average Bonchev–Trinajstić information content (AvgIpc) is 3.00. The lowest BCUT2D eigenvalue weighted by Gasteiger charge is -2.29. The third kappa shape index (κ3) is 3.89. The van der Waals surface area contributed by atoms with Crippen LogP contribution in [0.4, 0.5) is 5.69 Å². The number of nitro groups is 1. The van der Waals surface area contributed by atoms with E-state index >= 15 is 0 Å². The molecule has 1 spiro atoms. The Morgan fingerprint density at radius 3 is 2.78 bits per heavy atom. The highest BCUT2D eigenvalue weighted by atomic mass is 35.5. The molecule has 4 rings (SSSR count). The van der Waals surface area contributed by atoms with Gasteiger partial charge in [-0.15, -0.1) is 23.7 Å². The number of rotatable bonds is 5. The van der Waals surface area contributed by atoms with E-state index in [0.29, 0.717) is 16.3 Å². The van der Waals surface area contributed by atoms with Gasteiger partial charge in [-0.1, -0.05) is 0 Å². The van der Waals surface area contributed by atoms with Crippen molar-refractivity contribution in [3.8, 4) is 0 Å². The summed E-state index contributed by atoms with van der Waals surface area (Å²) in [5.41, 5.74) is 1.40. The highest BCUT2D eigenvalue weighted by molar-refractivity contribution is 7.14. The molecule has 1 N–H and O–H groups in total. The predicted molar refractivity (Wildman–Crippen MR) is 110 cm³/mol. The van der Waals surface area contributed by atoms with Gasteiger partial charge in [0.15, 0.2) is 0 Å². The summed E-state index contributed by atoms with van der Waals surface area (Å²) in [5, 5.41) is 18.6. The molecular weight excluding hydrogens is 406 g/mol. The van der Waals surface area contributed by atoms with E-state index in [2.05, 4.69) is 10.7 Å². The zero-order valence-corrected chi connectivity index (χ0v) is 17.4. The molecule has 0 radical (unpaired) electrons. The van der Waals surface area contributed by atoms with Crippen LogP contribution in [0.2, 0.25) is 0 Å². The van der Waals surface area contributed by atoms with E-state index in [-0.39, 0.29) is 35.5 Å². The van der Waals surface area contributed by atoms with Gasteiger partial charge in [0.2, 0.25) is 0 Å². The monoisotopic (exact) mass is 427 g/mol. The minimum atomic E-state index is -0.406. The van der Waals surface area contributed by atoms with Gasteiger partial charge in [0, 0.05) is 18.7 Å². The second kappa shape index (κ2) is 7.87. The number of aryl methyl sites for hydroxylation is 1. The van der Waals surface area contributed by atoms with Crippen LogP contribution in [0.15, 0.2) is 22.9 Å². The lowest BCUT2D eigenvalue weighted by Crippen LogP contribution is -2.38. The molecule has 2 aromatic heterocycles. The molecule has 1 saturated heterocycles. The summed E-state index contributed by atoms with van der Waals surface area (Å²) in [6.45, 7) is 4.28. The van der Waals surface area contributed by atoms with E-state index < -0.39 is 4.92 Å². The normalized spacial score (nSPS) is 20.1. The summed E-state index contributed by atoms with van der Waals surface area (Å²) in [5.74, 6) is -0.0715. The van der Waals surface area contributed by atoms with Crippen LogP contribution in [0.3, 0.4) is 0 Å². The molecule has 27 heavy (non-hydrogen) atoms. The van der Waals surface area contributed by atoms with Crippen LogP contribution < -0.4 is 5.32 Å². The first kappa shape index (κ1) is 20.3. The lowest BCUT2D eigenvalue weighted by molar-refractivity contribution is -0.385. The Kier molecular flexibility index (Phi) is 5.90. The van der Waals surface area contributed by atoms with Gasteiger partial charge in [-0.2, -0.15) is 11.3 Å². The zero-order chi connectivity index (χ0) is 18.3. The minimum absolute atomic E-state index is 0. The highest BCUT2D eigenvalue weighted by Crippen LogP contribution is 2.56. The Hall–Kier alpha value is -1.48.